The van der Waals surface area contributed by atoms with E-state index in [1.54, 1.807) is 13.8 Å². The normalized spacial score (nSPS) is 13.2. The van der Waals surface area contributed by atoms with Crippen LogP contribution in [0.5, 0.6) is 0 Å². The van der Waals surface area contributed by atoms with Crippen LogP contribution in [0.1, 0.15) is 27.2 Å². The van der Waals surface area contributed by atoms with Gasteiger partial charge in [0.2, 0.25) is 5.91 Å². The molecule has 14 heavy (non-hydrogen) atoms. The summed E-state index contributed by atoms with van der Waals surface area (Å²) in [4.78, 5) is 22.4. The molecule has 1 unspecified atom stereocenters. The lowest BCUT2D eigenvalue weighted by molar-refractivity contribution is -0.149. The highest BCUT2D eigenvalue weighted by atomic mass is 79.9. The highest BCUT2D eigenvalue weighted by molar-refractivity contribution is 9.10. The molecule has 0 aliphatic heterocycles. The minimum absolute atomic E-state index is 0.206. The molecule has 0 heterocycles. The molecular formula is C9H16BrNO3. The third-order valence-electron chi connectivity index (χ3n) is 1.77. The molecule has 5 heteroatoms. The van der Waals surface area contributed by atoms with Gasteiger partial charge in [0.1, 0.15) is 5.54 Å². The van der Waals surface area contributed by atoms with Gasteiger partial charge >= 0.3 is 5.97 Å². The van der Waals surface area contributed by atoms with Gasteiger partial charge in [-0.1, -0.05) is 22.9 Å². The van der Waals surface area contributed by atoms with E-state index in [1.165, 1.54) is 7.11 Å². The molecule has 0 aromatic heterocycles. The molecule has 0 radical (unpaired) electrons. The van der Waals surface area contributed by atoms with Gasteiger partial charge in [-0.25, -0.2) is 4.79 Å². The monoisotopic (exact) mass is 265 g/mol. The summed E-state index contributed by atoms with van der Waals surface area (Å²) in [6.45, 7) is 5.09. The van der Waals surface area contributed by atoms with Crippen LogP contribution in [0, 0.1) is 0 Å². The minimum Gasteiger partial charge on any atom is -0.467 e. The summed E-state index contributed by atoms with van der Waals surface area (Å²) < 4.78 is 4.56. The molecule has 82 valence electrons. The number of carbonyl (C=O) groups excluding carboxylic acids is 2. The standard InChI is InChI=1S/C9H16BrNO3/c1-5-6(10)7(12)11-9(2,3)8(13)14-4/h6H,5H2,1-4H3,(H,11,12). The number of ether oxygens (including phenoxy) is 1. The molecule has 0 spiro atoms. The van der Waals surface area contributed by atoms with E-state index in [0.29, 0.717) is 6.42 Å². The zero-order valence-electron chi connectivity index (χ0n) is 8.89. The fraction of sp³-hybridized carbons (Fsp3) is 0.778. The summed E-state index contributed by atoms with van der Waals surface area (Å²) >= 11 is 3.20. The van der Waals surface area contributed by atoms with Crippen molar-refractivity contribution in [3.8, 4) is 0 Å². The maximum atomic E-state index is 11.4. The number of halogens is 1. The first-order valence-corrected chi connectivity index (χ1v) is 5.31. The van der Waals surface area contributed by atoms with Crippen molar-refractivity contribution >= 4 is 27.8 Å². The third-order valence-corrected chi connectivity index (χ3v) is 2.84. The van der Waals surface area contributed by atoms with Gasteiger partial charge in [-0.05, 0) is 20.3 Å². The van der Waals surface area contributed by atoms with Crippen molar-refractivity contribution in [2.75, 3.05) is 7.11 Å². The van der Waals surface area contributed by atoms with Gasteiger partial charge in [0.25, 0.3) is 0 Å². The molecule has 1 N–H and O–H groups in total. The van der Waals surface area contributed by atoms with Crippen molar-refractivity contribution < 1.29 is 14.3 Å². The number of amides is 1. The molecular weight excluding hydrogens is 250 g/mol. The average molecular weight is 266 g/mol. The first-order chi connectivity index (χ1) is 6.35. The third kappa shape index (κ3) is 3.65. The lowest BCUT2D eigenvalue weighted by atomic mass is 10.1. The predicted octanol–water partition coefficient (Wildman–Crippen LogP) is 1.23. The largest absolute Gasteiger partial charge is 0.467 e. The summed E-state index contributed by atoms with van der Waals surface area (Å²) in [6, 6.07) is 0. The Morgan fingerprint density at radius 2 is 2.00 bits per heavy atom. The number of alkyl halides is 1. The van der Waals surface area contributed by atoms with Crippen molar-refractivity contribution in [1.29, 1.82) is 0 Å². The van der Waals surface area contributed by atoms with E-state index >= 15 is 0 Å². The fourth-order valence-corrected chi connectivity index (χ4v) is 0.992. The number of hydrogen-bond acceptors (Lipinski definition) is 3. The van der Waals surface area contributed by atoms with Gasteiger partial charge in [0.05, 0.1) is 11.9 Å². The quantitative estimate of drug-likeness (QED) is 0.615. The van der Waals surface area contributed by atoms with Crippen LogP contribution in [-0.4, -0.2) is 29.4 Å². The van der Waals surface area contributed by atoms with Crippen LogP contribution >= 0.6 is 15.9 Å². The first-order valence-electron chi connectivity index (χ1n) is 4.39. The van der Waals surface area contributed by atoms with Gasteiger partial charge in [-0.2, -0.15) is 0 Å². The Morgan fingerprint density at radius 1 is 1.50 bits per heavy atom. The number of carbonyl (C=O) groups is 2. The van der Waals surface area contributed by atoms with Gasteiger partial charge in [-0.3, -0.25) is 4.79 Å². The minimum atomic E-state index is -0.979. The van der Waals surface area contributed by atoms with Crippen LogP contribution in [0.3, 0.4) is 0 Å². The van der Waals surface area contributed by atoms with Crippen LogP contribution in [0.15, 0.2) is 0 Å². The number of nitrogens with one attached hydrogen (secondary N) is 1. The highest BCUT2D eigenvalue weighted by Gasteiger charge is 2.31. The van der Waals surface area contributed by atoms with Crippen LogP contribution in [0.25, 0.3) is 0 Å². The van der Waals surface area contributed by atoms with E-state index < -0.39 is 11.5 Å². The fourth-order valence-electron chi connectivity index (χ4n) is 0.878. The zero-order chi connectivity index (χ0) is 11.4. The second-order valence-electron chi connectivity index (χ2n) is 3.48. The number of hydrogen-bond donors (Lipinski definition) is 1. The van der Waals surface area contributed by atoms with E-state index in [0.717, 1.165) is 0 Å². The molecule has 0 fully saturated rings. The molecule has 0 bridgehead atoms. The van der Waals surface area contributed by atoms with Gasteiger partial charge in [0.15, 0.2) is 0 Å². The molecule has 1 amide bonds. The Hall–Kier alpha value is -0.580. The summed E-state index contributed by atoms with van der Waals surface area (Å²) in [7, 11) is 1.29. The molecule has 0 aliphatic carbocycles. The molecule has 0 saturated carbocycles. The predicted molar refractivity (Wildman–Crippen MR) is 57.2 cm³/mol. The van der Waals surface area contributed by atoms with Crippen molar-refractivity contribution in [3.63, 3.8) is 0 Å². The number of esters is 1. The molecule has 0 aromatic rings. The molecule has 0 aromatic carbocycles. The van der Waals surface area contributed by atoms with Gasteiger partial charge in [-0.15, -0.1) is 0 Å². The number of methoxy groups -OCH3 is 1. The summed E-state index contributed by atoms with van der Waals surface area (Å²) in [5.74, 6) is -0.662. The average Bonchev–Trinajstić information content (AvgIpc) is 2.14. The second-order valence-corrected chi connectivity index (χ2v) is 4.59. The van der Waals surface area contributed by atoms with Crippen LogP contribution in [-0.2, 0) is 14.3 Å². The van der Waals surface area contributed by atoms with Crippen LogP contribution in [0.4, 0.5) is 0 Å². The van der Waals surface area contributed by atoms with E-state index in [4.69, 9.17) is 0 Å². The molecule has 0 aliphatic rings. The maximum absolute atomic E-state index is 11.4. The van der Waals surface area contributed by atoms with Crippen molar-refractivity contribution in [2.45, 2.75) is 37.6 Å². The molecule has 4 nitrogen and oxygen atoms in total. The van der Waals surface area contributed by atoms with Crippen molar-refractivity contribution in [3.05, 3.63) is 0 Å². The molecule has 0 rings (SSSR count). The maximum Gasteiger partial charge on any atom is 0.330 e. The van der Waals surface area contributed by atoms with Gasteiger partial charge in [0, 0.05) is 0 Å². The first kappa shape index (κ1) is 13.4. The van der Waals surface area contributed by atoms with E-state index in [2.05, 4.69) is 26.0 Å². The van der Waals surface area contributed by atoms with Crippen molar-refractivity contribution in [1.82, 2.24) is 5.32 Å². The SMILES string of the molecule is CCC(Br)C(=O)NC(C)(C)C(=O)OC. The highest BCUT2D eigenvalue weighted by Crippen LogP contribution is 2.09. The Balaban J connectivity index is 4.36. The second kappa shape index (κ2) is 5.34. The van der Waals surface area contributed by atoms with Gasteiger partial charge < -0.3 is 10.1 Å². The summed E-state index contributed by atoms with van der Waals surface area (Å²) in [5, 5.41) is 2.60. The smallest absolute Gasteiger partial charge is 0.330 e. The van der Waals surface area contributed by atoms with E-state index in [1.807, 2.05) is 6.92 Å². The number of rotatable bonds is 4. The Kier molecular flexibility index (Phi) is 5.12. The van der Waals surface area contributed by atoms with Crippen molar-refractivity contribution in [2.24, 2.45) is 0 Å². The van der Waals surface area contributed by atoms with Crippen LogP contribution < -0.4 is 5.32 Å². The lowest BCUT2D eigenvalue weighted by Crippen LogP contribution is -2.52. The Bertz CT molecular complexity index is 228. The van der Waals surface area contributed by atoms with E-state index in [9.17, 15) is 9.59 Å². The van der Waals surface area contributed by atoms with E-state index in [-0.39, 0.29) is 10.7 Å². The summed E-state index contributed by atoms with van der Waals surface area (Å²) in [6.07, 6.45) is 0.670. The molecule has 1 atom stereocenters. The lowest BCUT2D eigenvalue weighted by Gasteiger charge is -2.24. The Morgan fingerprint density at radius 3 is 2.36 bits per heavy atom. The topological polar surface area (TPSA) is 55.4 Å². The Labute approximate surface area is 92.5 Å². The molecule has 0 saturated heterocycles. The zero-order valence-corrected chi connectivity index (χ0v) is 10.5. The van der Waals surface area contributed by atoms with Crippen LogP contribution in [0.2, 0.25) is 0 Å². The summed E-state index contributed by atoms with van der Waals surface area (Å²) in [5.41, 5.74) is -0.979.